The molecule has 132 valence electrons. The Labute approximate surface area is 149 Å². The summed E-state index contributed by atoms with van der Waals surface area (Å²) in [6.45, 7) is 1.87. The highest BCUT2D eigenvalue weighted by atomic mass is 16.4. The highest BCUT2D eigenvalue weighted by molar-refractivity contribution is 6.01. The smallest absolute Gasteiger partial charge is 0.307 e. The average Bonchev–Trinajstić information content (AvgIpc) is 2.63. The number of carbonyl (C=O) groups is 2. The molecule has 0 aliphatic carbocycles. The predicted molar refractivity (Wildman–Crippen MR) is 94.9 cm³/mol. The SMILES string of the molecule is Cc1nc(C(=O)NCc2ccccc2CC(=O)O)c(O)c2ncccc12. The van der Waals surface area contributed by atoms with E-state index in [1.807, 2.05) is 0 Å². The highest BCUT2D eigenvalue weighted by Crippen LogP contribution is 2.27. The van der Waals surface area contributed by atoms with E-state index in [9.17, 15) is 14.7 Å². The molecule has 0 unspecified atom stereocenters. The maximum Gasteiger partial charge on any atom is 0.307 e. The van der Waals surface area contributed by atoms with E-state index < -0.39 is 11.9 Å². The molecule has 2 aromatic heterocycles. The van der Waals surface area contributed by atoms with Crippen LogP contribution in [0.4, 0.5) is 0 Å². The van der Waals surface area contributed by atoms with Crippen molar-refractivity contribution in [2.24, 2.45) is 0 Å². The molecule has 3 aromatic rings. The van der Waals surface area contributed by atoms with Gasteiger partial charge in [-0.2, -0.15) is 0 Å². The van der Waals surface area contributed by atoms with Crippen LogP contribution in [-0.4, -0.2) is 32.1 Å². The second kappa shape index (κ2) is 7.18. The predicted octanol–water partition coefficient (Wildman–Crippen LogP) is 2.20. The van der Waals surface area contributed by atoms with Crippen molar-refractivity contribution in [3.8, 4) is 5.75 Å². The van der Waals surface area contributed by atoms with Crippen LogP contribution in [0.15, 0.2) is 42.6 Å². The minimum absolute atomic E-state index is 0.107. The fourth-order valence-electron chi connectivity index (χ4n) is 2.76. The van der Waals surface area contributed by atoms with Crippen LogP contribution in [0, 0.1) is 6.92 Å². The van der Waals surface area contributed by atoms with Crippen LogP contribution >= 0.6 is 0 Å². The van der Waals surface area contributed by atoms with Crippen molar-refractivity contribution in [1.82, 2.24) is 15.3 Å². The molecule has 0 atom stereocenters. The third kappa shape index (κ3) is 3.46. The number of benzene rings is 1. The van der Waals surface area contributed by atoms with Crippen LogP contribution in [0.25, 0.3) is 10.9 Å². The summed E-state index contributed by atoms with van der Waals surface area (Å²) in [6.07, 6.45) is 1.40. The number of fused-ring (bicyclic) bond motifs is 1. The molecule has 0 radical (unpaired) electrons. The Bertz CT molecular complexity index is 1000. The van der Waals surface area contributed by atoms with Crippen molar-refractivity contribution in [2.75, 3.05) is 0 Å². The van der Waals surface area contributed by atoms with E-state index in [-0.39, 0.29) is 24.4 Å². The maximum absolute atomic E-state index is 12.5. The zero-order chi connectivity index (χ0) is 18.7. The van der Waals surface area contributed by atoms with Gasteiger partial charge in [0.15, 0.2) is 11.4 Å². The van der Waals surface area contributed by atoms with Crippen LogP contribution in [0.1, 0.15) is 27.3 Å². The lowest BCUT2D eigenvalue weighted by atomic mass is 10.0. The first-order valence-corrected chi connectivity index (χ1v) is 7.98. The van der Waals surface area contributed by atoms with Gasteiger partial charge in [0.1, 0.15) is 5.52 Å². The number of carboxylic acids is 1. The number of carbonyl (C=O) groups excluding carboxylic acids is 1. The summed E-state index contributed by atoms with van der Waals surface area (Å²) in [5, 5.41) is 22.7. The topological polar surface area (TPSA) is 112 Å². The number of aromatic hydroxyl groups is 1. The lowest BCUT2D eigenvalue weighted by Crippen LogP contribution is -2.25. The second-order valence-corrected chi connectivity index (χ2v) is 5.82. The summed E-state index contributed by atoms with van der Waals surface area (Å²) in [7, 11) is 0. The lowest BCUT2D eigenvalue weighted by Gasteiger charge is -2.11. The monoisotopic (exact) mass is 351 g/mol. The Morgan fingerprint density at radius 1 is 1.12 bits per heavy atom. The molecular formula is C19H17N3O4. The Morgan fingerprint density at radius 2 is 1.85 bits per heavy atom. The van der Waals surface area contributed by atoms with Gasteiger partial charge < -0.3 is 15.5 Å². The first-order chi connectivity index (χ1) is 12.5. The normalized spacial score (nSPS) is 10.7. The fraction of sp³-hybridized carbons (Fsp3) is 0.158. The molecule has 0 fully saturated rings. The lowest BCUT2D eigenvalue weighted by molar-refractivity contribution is -0.136. The van der Waals surface area contributed by atoms with Crippen LogP contribution in [0.5, 0.6) is 5.75 Å². The van der Waals surface area contributed by atoms with Gasteiger partial charge in [0.05, 0.1) is 6.42 Å². The average molecular weight is 351 g/mol. The Kier molecular flexibility index (Phi) is 4.79. The zero-order valence-corrected chi connectivity index (χ0v) is 14.1. The molecule has 0 saturated carbocycles. The van der Waals surface area contributed by atoms with Gasteiger partial charge in [0.2, 0.25) is 0 Å². The second-order valence-electron chi connectivity index (χ2n) is 5.82. The molecule has 7 heteroatoms. The molecule has 0 spiro atoms. The molecule has 0 aliphatic heterocycles. The first kappa shape index (κ1) is 17.3. The van der Waals surface area contributed by atoms with E-state index in [2.05, 4.69) is 15.3 Å². The van der Waals surface area contributed by atoms with E-state index in [1.165, 1.54) is 6.20 Å². The molecule has 0 bridgehead atoms. The number of hydrogen-bond acceptors (Lipinski definition) is 5. The molecule has 0 saturated heterocycles. The minimum atomic E-state index is -0.945. The van der Waals surface area contributed by atoms with Gasteiger partial charge in [0.25, 0.3) is 5.91 Å². The largest absolute Gasteiger partial charge is 0.504 e. The van der Waals surface area contributed by atoms with E-state index in [0.717, 1.165) is 0 Å². The summed E-state index contributed by atoms with van der Waals surface area (Å²) in [6, 6.07) is 10.5. The number of hydrogen-bond donors (Lipinski definition) is 3. The molecule has 1 aromatic carbocycles. The van der Waals surface area contributed by atoms with Gasteiger partial charge >= 0.3 is 5.97 Å². The number of aromatic nitrogens is 2. The molecule has 1 amide bonds. The number of rotatable bonds is 5. The number of nitrogens with zero attached hydrogens (tertiary/aromatic N) is 2. The number of aryl methyl sites for hydroxylation is 1. The summed E-state index contributed by atoms with van der Waals surface area (Å²) >= 11 is 0. The fourth-order valence-corrected chi connectivity index (χ4v) is 2.76. The summed E-state index contributed by atoms with van der Waals surface area (Å²) in [5.41, 5.74) is 2.11. The van der Waals surface area contributed by atoms with Crippen LogP contribution in [0.3, 0.4) is 0 Å². The molecule has 3 rings (SSSR count). The summed E-state index contributed by atoms with van der Waals surface area (Å²) < 4.78 is 0. The summed E-state index contributed by atoms with van der Waals surface area (Å²) in [5.74, 6) is -1.77. The van der Waals surface area contributed by atoms with Gasteiger partial charge in [-0.25, -0.2) is 4.98 Å². The summed E-state index contributed by atoms with van der Waals surface area (Å²) in [4.78, 5) is 31.7. The van der Waals surface area contributed by atoms with Crippen molar-refractivity contribution in [2.45, 2.75) is 19.9 Å². The van der Waals surface area contributed by atoms with Crippen LogP contribution in [-0.2, 0) is 17.8 Å². The van der Waals surface area contributed by atoms with Crippen molar-refractivity contribution in [1.29, 1.82) is 0 Å². The quantitative estimate of drug-likeness (QED) is 0.650. The van der Waals surface area contributed by atoms with Gasteiger partial charge in [0, 0.05) is 23.8 Å². The van der Waals surface area contributed by atoms with Crippen molar-refractivity contribution >= 4 is 22.8 Å². The number of carboxylic acid groups (broad SMARTS) is 1. The van der Waals surface area contributed by atoms with E-state index in [0.29, 0.717) is 27.7 Å². The Morgan fingerprint density at radius 3 is 2.58 bits per heavy atom. The van der Waals surface area contributed by atoms with Gasteiger partial charge in [-0.15, -0.1) is 0 Å². The Balaban J connectivity index is 1.85. The van der Waals surface area contributed by atoms with E-state index in [1.54, 1.807) is 43.3 Å². The third-order valence-corrected chi connectivity index (χ3v) is 4.04. The van der Waals surface area contributed by atoms with Crippen molar-refractivity contribution in [3.05, 3.63) is 65.1 Å². The van der Waals surface area contributed by atoms with Gasteiger partial charge in [-0.1, -0.05) is 24.3 Å². The molecule has 2 heterocycles. The molecule has 0 aliphatic rings. The number of nitrogens with one attached hydrogen (secondary N) is 1. The van der Waals surface area contributed by atoms with E-state index in [4.69, 9.17) is 5.11 Å². The van der Waals surface area contributed by atoms with Gasteiger partial charge in [-0.05, 0) is 30.2 Å². The standard InChI is InChI=1S/C19H17N3O4/c1-11-14-7-4-8-20-16(14)18(25)17(22-11)19(26)21-10-13-6-3-2-5-12(13)9-15(23)24/h2-8,25H,9-10H2,1H3,(H,21,26)(H,23,24). The zero-order valence-electron chi connectivity index (χ0n) is 14.1. The minimum Gasteiger partial charge on any atom is -0.504 e. The third-order valence-electron chi connectivity index (χ3n) is 4.04. The van der Waals surface area contributed by atoms with Crippen LogP contribution < -0.4 is 5.32 Å². The maximum atomic E-state index is 12.5. The van der Waals surface area contributed by atoms with Crippen molar-refractivity contribution < 1.29 is 19.8 Å². The number of pyridine rings is 2. The molecule has 26 heavy (non-hydrogen) atoms. The van der Waals surface area contributed by atoms with Gasteiger partial charge in [-0.3, -0.25) is 14.6 Å². The molecule has 3 N–H and O–H groups in total. The number of aliphatic carboxylic acids is 1. The first-order valence-electron chi connectivity index (χ1n) is 7.98. The molecular weight excluding hydrogens is 334 g/mol. The van der Waals surface area contributed by atoms with Crippen molar-refractivity contribution in [3.63, 3.8) is 0 Å². The van der Waals surface area contributed by atoms with Crippen LogP contribution in [0.2, 0.25) is 0 Å². The highest BCUT2D eigenvalue weighted by Gasteiger charge is 2.18. The number of amides is 1. The molecule has 7 nitrogen and oxygen atoms in total. The van der Waals surface area contributed by atoms with E-state index >= 15 is 0 Å². The Hall–Kier alpha value is -3.48.